The molecule has 0 spiro atoms. The molecular weight excluding hydrogens is 346 g/mol. The fourth-order valence-corrected chi connectivity index (χ4v) is 3.17. The molecule has 0 radical (unpaired) electrons. The highest BCUT2D eigenvalue weighted by molar-refractivity contribution is 6.32. The quantitative estimate of drug-likeness (QED) is 0.830. The highest BCUT2D eigenvalue weighted by Gasteiger charge is 2.46. The van der Waals surface area contributed by atoms with Crippen molar-refractivity contribution < 1.29 is 24.2 Å². The van der Waals surface area contributed by atoms with Crippen LogP contribution in [0.5, 0.6) is 11.5 Å². The zero-order valence-corrected chi connectivity index (χ0v) is 15.7. The maximum atomic E-state index is 12.9. The largest absolute Gasteiger partial charge is 0.493 e. The van der Waals surface area contributed by atoms with Crippen LogP contribution in [0.2, 0.25) is 5.02 Å². The first kappa shape index (κ1) is 19.4. The summed E-state index contributed by atoms with van der Waals surface area (Å²) in [5.41, 5.74) is -0.919. The maximum Gasteiger partial charge on any atom is 0.329 e. The molecule has 1 aromatic carbocycles. The third kappa shape index (κ3) is 3.84. The van der Waals surface area contributed by atoms with Gasteiger partial charge >= 0.3 is 5.97 Å². The second kappa shape index (κ2) is 7.52. The molecule has 1 aliphatic heterocycles. The van der Waals surface area contributed by atoms with Crippen LogP contribution in [0.1, 0.15) is 44.0 Å². The lowest BCUT2D eigenvalue weighted by molar-refractivity contribution is -0.147. The van der Waals surface area contributed by atoms with Crippen molar-refractivity contribution in [2.45, 2.75) is 39.2 Å². The molecule has 1 unspecified atom stereocenters. The fraction of sp³-hybridized carbons (Fsp3) is 0.556. The highest BCUT2D eigenvalue weighted by atomic mass is 35.5. The number of methoxy groups -OCH3 is 1. The number of ether oxygens (including phenoxy) is 2. The zero-order valence-electron chi connectivity index (χ0n) is 15.0. The van der Waals surface area contributed by atoms with Crippen molar-refractivity contribution in [2.75, 3.05) is 20.3 Å². The molecule has 0 saturated carbocycles. The van der Waals surface area contributed by atoms with Crippen LogP contribution in [0, 0.1) is 5.92 Å². The molecular formula is C18H24ClNO5. The number of likely N-dealkylation sites (tertiary alicyclic amines) is 1. The minimum Gasteiger partial charge on any atom is -0.493 e. The molecule has 1 fully saturated rings. The van der Waals surface area contributed by atoms with Gasteiger partial charge in [0, 0.05) is 12.1 Å². The summed E-state index contributed by atoms with van der Waals surface area (Å²) in [4.78, 5) is 25.9. The van der Waals surface area contributed by atoms with Gasteiger partial charge in [-0.25, -0.2) is 4.79 Å². The molecule has 1 amide bonds. The molecule has 0 aliphatic carbocycles. The summed E-state index contributed by atoms with van der Waals surface area (Å²) < 4.78 is 11.0. The van der Waals surface area contributed by atoms with Crippen LogP contribution in [0.4, 0.5) is 0 Å². The minimum absolute atomic E-state index is 0.263. The molecule has 1 atom stereocenters. The summed E-state index contributed by atoms with van der Waals surface area (Å²) in [5, 5.41) is 9.76. The lowest BCUT2D eigenvalue weighted by atomic mass is 9.98. The Morgan fingerprint density at radius 3 is 2.64 bits per heavy atom. The average Bonchev–Trinajstić information content (AvgIpc) is 2.95. The van der Waals surface area contributed by atoms with Gasteiger partial charge in [-0.1, -0.05) is 25.4 Å². The topological polar surface area (TPSA) is 76.1 Å². The Balaban J connectivity index is 2.35. The van der Waals surface area contributed by atoms with Gasteiger partial charge in [0.25, 0.3) is 5.91 Å². The smallest absolute Gasteiger partial charge is 0.329 e. The van der Waals surface area contributed by atoms with Crippen molar-refractivity contribution in [2.24, 2.45) is 5.92 Å². The zero-order chi connectivity index (χ0) is 18.8. The Kier molecular flexibility index (Phi) is 5.83. The van der Waals surface area contributed by atoms with E-state index in [0.717, 1.165) is 0 Å². The van der Waals surface area contributed by atoms with Gasteiger partial charge in [-0.2, -0.15) is 0 Å². The Labute approximate surface area is 152 Å². The van der Waals surface area contributed by atoms with Gasteiger partial charge in [0.1, 0.15) is 5.54 Å². The predicted molar refractivity (Wildman–Crippen MR) is 94.6 cm³/mol. The first-order valence-corrected chi connectivity index (χ1v) is 8.64. The number of carboxylic acids is 1. The number of halogens is 1. The van der Waals surface area contributed by atoms with E-state index in [1.54, 1.807) is 13.0 Å². The van der Waals surface area contributed by atoms with Crippen LogP contribution in [-0.2, 0) is 4.79 Å². The average molecular weight is 370 g/mol. The standard InChI is InChI=1S/C18H24ClNO5/c1-11(2)10-25-15-13(19)8-12(9-14(15)24-4)16(21)20-7-5-6-18(20,3)17(22)23/h8-9,11H,5-7,10H2,1-4H3,(H,22,23). The van der Waals surface area contributed by atoms with Crippen LogP contribution in [0.3, 0.4) is 0 Å². The molecule has 1 heterocycles. The summed E-state index contributed by atoms with van der Waals surface area (Å²) in [6.45, 7) is 6.45. The lowest BCUT2D eigenvalue weighted by Crippen LogP contribution is -2.50. The van der Waals surface area contributed by atoms with Gasteiger partial charge in [-0.15, -0.1) is 0 Å². The first-order chi connectivity index (χ1) is 11.7. The van der Waals surface area contributed by atoms with E-state index in [9.17, 15) is 14.7 Å². The normalized spacial score (nSPS) is 20.0. The van der Waals surface area contributed by atoms with Gasteiger partial charge in [-0.05, 0) is 37.8 Å². The van der Waals surface area contributed by atoms with E-state index in [0.29, 0.717) is 43.4 Å². The van der Waals surface area contributed by atoms with Crippen LogP contribution in [0.25, 0.3) is 0 Å². The SMILES string of the molecule is COc1cc(C(=O)N2CCCC2(C)C(=O)O)cc(Cl)c1OCC(C)C. The van der Waals surface area contributed by atoms with E-state index in [1.165, 1.54) is 18.1 Å². The number of carboxylic acid groups (broad SMARTS) is 1. The molecule has 1 aromatic rings. The van der Waals surface area contributed by atoms with E-state index in [4.69, 9.17) is 21.1 Å². The van der Waals surface area contributed by atoms with Crippen molar-refractivity contribution >= 4 is 23.5 Å². The summed E-state index contributed by atoms with van der Waals surface area (Å²) in [5.74, 6) is -0.334. The third-order valence-corrected chi connectivity index (χ3v) is 4.67. The number of nitrogens with zero attached hydrogens (tertiary/aromatic N) is 1. The lowest BCUT2D eigenvalue weighted by Gasteiger charge is -2.31. The Hall–Kier alpha value is -1.95. The Bertz CT molecular complexity index is 676. The number of hydrogen-bond acceptors (Lipinski definition) is 4. The minimum atomic E-state index is -1.20. The molecule has 0 bridgehead atoms. The van der Waals surface area contributed by atoms with Crippen LogP contribution >= 0.6 is 11.6 Å². The Morgan fingerprint density at radius 2 is 2.08 bits per heavy atom. The van der Waals surface area contributed by atoms with Crippen molar-refractivity contribution in [1.82, 2.24) is 4.90 Å². The second-order valence-corrected chi connectivity index (χ2v) is 7.24. The van der Waals surface area contributed by atoms with E-state index in [1.807, 2.05) is 13.8 Å². The van der Waals surface area contributed by atoms with Crippen LogP contribution in [-0.4, -0.2) is 47.7 Å². The summed E-state index contributed by atoms with van der Waals surface area (Å²) in [6, 6.07) is 3.05. The van der Waals surface area contributed by atoms with Gasteiger partial charge in [0.2, 0.25) is 0 Å². The molecule has 138 valence electrons. The molecule has 1 N–H and O–H groups in total. The van der Waals surface area contributed by atoms with Crippen molar-refractivity contribution in [3.8, 4) is 11.5 Å². The molecule has 6 nitrogen and oxygen atoms in total. The molecule has 0 aromatic heterocycles. The third-order valence-electron chi connectivity index (χ3n) is 4.38. The maximum absolute atomic E-state index is 12.9. The molecule has 1 saturated heterocycles. The summed E-state index contributed by atoms with van der Waals surface area (Å²) >= 11 is 6.29. The summed E-state index contributed by atoms with van der Waals surface area (Å²) in [7, 11) is 1.47. The number of rotatable bonds is 6. The van der Waals surface area contributed by atoms with Crippen molar-refractivity contribution in [1.29, 1.82) is 0 Å². The molecule has 1 aliphatic rings. The van der Waals surface area contributed by atoms with Crippen molar-refractivity contribution in [3.05, 3.63) is 22.7 Å². The van der Waals surface area contributed by atoms with Crippen molar-refractivity contribution in [3.63, 3.8) is 0 Å². The molecule has 2 rings (SSSR count). The molecule has 7 heteroatoms. The number of aliphatic carboxylic acids is 1. The van der Waals surface area contributed by atoms with E-state index in [-0.39, 0.29) is 16.5 Å². The van der Waals surface area contributed by atoms with Gasteiger partial charge in [0.05, 0.1) is 18.7 Å². The predicted octanol–water partition coefficient (Wildman–Crippen LogP) is 3.46. The van der Waals surface area contributed by atoms with Crippen LogP contribution in [0.15, 0.2) is 12.1 Å². The second-order valence-electron chi connectivity index (χ2n) is 6.83. The summed E-state index contributed by atoms with van der Waals surface area (Å²) in [6.07, 6.45) is 1.07. The fourth-order valence-electron chi connectivity index (χ4n) is 2.90. The number of benzene rings is 1. The van der Waals surface area contributed by atoms with E-state index in [2.05, 4.69) is 0 Å². The Morgan fingerprint density at radius 1 is 1.40 bits per heavy atom. The van der Waals surface area contributed by atoms with Gasteiger partial charge < -0.3 is 19.5 Å². The van der Waals surface area contributed by atoms with Gasteiger partial charge in [-0.3, -0.25) is 4.79 Å². The number of hydrogen-bond donors (Lipinski definition) is 1. The van der Waals surface area contributed by atoms with Crippen LogP contribution < -0.4 is 9.47 Å². The van der Waals surface area contributed by atoms with Gasteiger partial charge in [0.15, 0.2) is 11.5 Å². The number of carbonyl (C=O) groups is 2. The number of carbonyl (C=O) groups excluding carboxylic acids is 1. The molecule has 25 heavy (non-hydrogen) atoms. The number of amides is 1. The van der Waals surface area contributed by atoms with E-state index >= 15 is 0 Å². The first-order valence-electron chi connectivity index (χ1n) is 8.26. The highest BCUT2D eigenvalue weighted by Crippen LogP contribution is 2.38. The monoisotopic (exact) mass is 369 g/mol. The van der Waals surface area contributed by atoms with E-state index < -0.39 is 11.5 Å².